The molecule has 0 spiro atoms. The fraction of sp³-hybridized carbons (Fsp3) is 0.588. The zero-order valence-corrected chi connectivity index (χ0v) is 12.7. The lowest BCUT2D eigenvalue weighted by Gasteiger charge is -2.30. The van der Waals surface area contributed by atoms with Gasteiger partial charge in [-0.1, -0.05) is 43.2 Å². The summed E-state index contributed by atoms with van der Waals surface area (Å²) in [5.74, 6) is -0.0793. The Balaban J connectivity index is 1.90. The molecule has 2 rings (SSSR count). The van der Waals surface area contributed by atoms with E-state index in [-0.39, 0.29) is 17.9 Å². The molecule has 1 amide bonds. The van der Waals surface area contributed by atoms with Gasteiger partial charge in [0, 0.05) is 19.3 Å². The van der Waals surface area contributed by atoms with Crippen molar-refractivity contribution in [3.63, 3.8) is 0 Å². The number of aliphatic hydroxyl groups is 1. The molecule has 2 N–H and O–H groups in total. The summed E-state index contributed by atoms with van der Waals surface area (Å²) in [5, 5.41) is 13.3. The molecular weight excluding hydrogens is 266 g/mol. The minimum atomic E-state index is -0.743. The maximum Gasteiger partial charge on any atom is 0.223 e. The van der Waals surface area contributed by atoms with Crippen molar-refractivity contribution < 1.29 is 14.6 Å². The molecule has 1 aliphatic rings. The molecule has 0 saturated heterocycles. The fourth-order valence-corrected chi connectivity index (χ4v) is 3.10. The van der Waals surface area contributed by atoms with Crippen LogP contribution in [0.3, 0.4) is 0 Å². The number of rotatable bonds is 7. The Labute approximate surface area is 126 Å². The second-order valence-electron chi connectivity index (χ2n) is 5.91. The highest BCUT2D eigenvalue weighted by Crippen LogP contribution is 2.33. The molecule has 1 aromatic carbocycles. The second kappa shape index (κ2) is 7.57. The van der Waals surface area contributed by atoms with Crippen LogP contribution < -0.4 is 5.32 Å². The largest absolute Gasteiger partial charge is 0.388 e. The predicted octanol–water partition coefficient (Wildman–Crippen LogP) is 2.58. The van der Waals surface area contributed by atoms with E-state index in [9.17, 15) is 9.90 Å². The average molecular weight is 291 g/mol. The molecule has 0 aromatic heterocycles. The van der Waals surface area contributed by atoms with Crippen LogP contribution in [-0.4, -0.2) is 30.3 Å². The molecule has 116 valence electrons. The highest BCUT2D eigenvalue weighted by Gasteiger charge is 2.35. The van der Waals surface area contributed by atoms with Crippen molar-refractivity contribution in [2.45, 2.75) is 50.2 Å². The zero-order valence-electron chi connectivity index (χ0n) is 12.7. The SMILES string of the molecule is COCCC1(NC(=O)CC(O)c2ccccc2)CCCC1. The van der Waals surface area contributed by atoms with Gasteiger partial charge in [0.05, 0.1) is 12.5 Å². The maximum absolute atomic E-state index is 12.2. The average Bonchev–Trinajstić information content (AvgIpc) is 2.94. The first-order chi connectivity index (χ1) is 10.2. The van der Waals surface area contributed by atoms with Gasteiger partial charge in [-0.05, 0) is 24.8 Å². The number of aliphatic hydroxyl groups excluding tert-OH is 1. The normalized spacial score (nSPS) is 18.4. The van der Waals surface area contributed by atoms with Crippen molar-refractivity contribution in [2.75, 3.05) is 13.7 Å². The lowest BCUT2D eigenvalue weighted by molar-refractivity contribution is -0.125. The van der Waals surface area contributed by atoms with Crippen LogP contribution in [0.25, 0.3) is 0 Å². The van der Waals surface area contributed by atoms with Gasteiger partial charge in [-0.15, -0.1) is 0 Å². The van der Waals surface area contributed by atoms with Crippen molar-refractivity contribution in [3.05, 3.63) is 35.9 Å². The Bertz CT molecular complexity index is 441. The number of ether oxygens (including phenoxy) is 1. The van der Waals surface area contributed by atoms with Gasteiger partial charge < -0.3 is 15.2 Å². The van der Waals surface area contributed by atoms with Crippen molar-refractivity contribution in [2.24, 2.45) is 0 Å². The van der Waals surface area contributed by atoms with Gasteiger partial charge in [-0.3, -0.25) is 4.79 Å². The molecule has 0 radical (unpaired) electrons. The number of nitrogens with one attached hydrogen (secondary N) is 1. The molecule has 1 saturated carbocycles. The summed E-state index contributed by atoms with van der Waals surface area (Å²) >= 11 is 0. The van der Waals surface area contributed by atoms with E-state index in [0.717, 1.165) is 37.7 Å². The van der Waals surface area contributed by atoms with Crippen LogP contribution in [0.5, 0.6) is 0 Å². The lowest BCUT2D eigenvalue weighted by atomic mass is 9.93. The Hall–Kier alpha value is -1.39. The Morgan fingerprint density at radius 2 is 2.00 bits per heavy atom. The first kappa shape index (κ1) is 16.0. The van der Waals surface area contributed by atoms with Gasteiger partial charge in [0.25, 0.3) is 0 Å². The summed E-state index contributed by atoms with van der Waals surface area (Å²) < 4.78 is 5.16. The van der Waals surface area contributed by atoms with Gasteiger partial charge in [0.2, 0.25) is 5.91 Å². The van der Waals surface area contributed by atoms with Gasteiger partial charge in [-0.2, -0.15) is 0 Å². The molecule has 0 bridgehead atoms. The van der Waals surface area contributed by atoms with Crippen LogP contribution in [-0.2, 0) is 9.53 Å². The van der Waals surface area contributed by atoms with Crippen molar-refractivity contribution in [1.82, 2.24) is 5.32 Å². The van der Waals surface area contributed by atoms with Crippen LogP contribution in [0, 0.1) is 0 Å². The molecule has 21 heavy (non-hydrogen) atoms. The molecule has 1 aromatic rings. The lowest BCUT2D eigenvalue weighted by Crippen LogP contribution is -2.47. The minimum Gasteiger partial charge on any atom is -0.388 e. The van der Waals surface area contributed by atoms with Crippen LogP contribution in [0.15, 0.2) is 30.3 Å². The second-order valence-corrected chi connectivity index (χ2v) is 5.91. The highest BCUT2D eigenvalue weighted by molar-refractivity contribution is 5.77. The fourth-order valence-electron chi connectivity index (χ4n) is 3.10. The molecule has 1 aliphatic carbocycles. The van der Waals surface area contributed by atoms with Gasteiger partial charge in [0.1, 0.15) is 0 Å². The van der Waals surface area contributed by atoms with Crippen molar-refractivity contribution in [3.8, 4) is 0 Å². The first-order valence-electron chi connectivity index (χ1n) is 7.68. The first-order valence-corrected chi connectivity index (χ1v) is 7.68. The van der Waals surface area contributed by atoms with E-state index < -0.39 is 6.10 Å². The monoisotopic (exact) mass is 291 g/mol. The van der Waals surface area contributed by atoms with E-state index in [4.69, 9.17) is 4.74 Å². The van der Waals surface area contributed by atoms with E-state index in [2.05, 4.69) is 5.32 Å². The molecule has 4 heteroatoms. The third-order valence-electron chi connectivity index (χ3n) is 4.31. The Morgan fingerprint density at radius 3 is 2.62 bits per heavy atom. The number of carbonyl (C=O) groups excluding carboxylic acids is 1. The molecule has 1 unspecified atom stereocenters. The quantitative estimate of drug-likeness (QED) is 0.812. The van der Waals surface area contributed by atoms with Crippen molar-refractivity contribution in [1.29, 1.82) is 0 Å². The van der Waals surface area contributed by atoms with Crippen LogP contribution in [0.4, 0.5) is 0 Å². The van der Waals surface area contributed by atoms with Crippen LogP contribution >= 0.6 is 0 Å². The number of methoxy groups -OCH3 is 1. The zero-order chi connectivity index (χ0) is 15.1. The topological polar surface area (TPSA) is 58.6 Å². The van der Waals surface area contributed by atoms with Crippen LogP contribution in [0.1, 0.15) is 50.2 Å². The summed E-state index contributed by atoms with van der Waals surface area (Å²) in [7, 11) is 1.68. The summed E-state index contributed by atoms with van der Waals surface area (Å²) in [6.45, 7) is 0.654. The Morgan fingerprint density at radius 1 is 1.33 bits per heavy atom. The third kappa shape index (κ3) is 4.55. The van der Waals surface area contributed by atoms with E-state index in [0.29, 0.717) is 6.61 Å². The van der Waals surface area contributed by atoms with Gasteiger partial charge >= 0.3 is 0 Å². The highest BCUT2D eigenvalue weighted by atomic mass is 16.5. The summed E-state index contributed by atoms with van der Waals surface area (Å²) in [6, 6.07) is 9.32. The number of benzene rings is 1. The number of amides is 1. The number of carbonyl (C=O) groups is 1. The summed E-state index contributed by atoms with van der Waals surface area (Å²) in [6.07, 6.45) is 4.51. The van der Waals surface area contributed by atoms with Crippen LogP contribution in [0.2, 0.25) is 0 Å². The number of hydrogen-bond acceptors (Lipinski definition) is 3. The molecular formula is C17H25NO3. The van der Waals surface area contributed by atoms with E-state index in [1.807, 2.05) is 30.3 Å². The molecule has 0 heterocycles. The molecule has 4 nitrogen and oxygen atoms in total. The summed E-state index contributed by atoms with van der Waals surface area (Å²) in [4.78, 5) is 12.2. The van der Waals surface area contributed by atoms with Gasteiger partial charge in [-0.25, -0.2) is 0 Å². The molecule has 1 atom stereocenters. The number of hydrogen-bond donors (Lipinski definition) is 2. The maximum atomic E-state index is 12.2. The minimum absolute atomic E-state index is 0.0793. The standard InChI is InChI=1S/C17H25NO3/c1-21-12-11-17(9-5-6-10-17)18-16(20)13-15(19)14-7-3-2-4-8-14/h2-4,7-8,15,19H,5-6,9-13H2,1H3,(H,18,20). The van der Waals surface area contributed by atoms with E-state index >= 15 is 0 Å². The molecule has 1 fully saturated rings. The molecule has 0 aliphatic heterocycles. The van der Waals surface area contributed by atoms with E-state index in [1.54, 1.807) is 7.11 Å². The third-order valence-corrected chi connectivity index (χ3v) is 4.31. The summed E-state index contributed by atoms with van der Waals surface area (Å²) in [5.41, 5.74) is 0.647. The van der Waals surface area contributed by atoms with Gasteiger partial charge in [0.15, 0.2) is 0 Å². The predicted molar refractivity (Wildman–Crippen MR) is 81.9 cm³/mol. The Kier molecular flexibility index (Phi) is 5.76. The smallest absolute Gasteiger partial charge is 0.223 e. The van der Waals surface area contributed by atoms with Crippen molar-refractivity contribution >= 4 is 5.91 Å². The van der Waals surface area contributed by atoms with E-state index in [1.165, 1.54) is 0 Å².